The van der Waals surface area contributed by atoms with Gasteiger partial charge in [0.2, 0.25) is 11.8 Å². The molecule has 0 aliphatic heterocycles. The van der Waals surface area contributed by atoms with E-state index in [2.05, 4.69) is 15.6 Å². The molecule has 23 heavy (non-hydrogen) atoms. The average Bonchev–Trinajstić information content (AvgIpc) is 2.85. The van der Waals surface area contributed by atoms with Gasteiger partial charge < -0.3 is 15.4 Å². The van der Waals surface area contributed by atoms with Gasteiger partial charge in [0.25, 0.3) is 0 Å². The predicted octanol–water partition coefficient (Wildman–Crippen LogP) is 2.79. The number of carbonyl (C=O) groups is 2. The number of hydrogen-bond donors (Lipinski definition) is 2. The van der Waals surface area contributed by atoms with Crippen molar-refractivity contribution in [1.29, 1.82) is 0 Å². The third-order valence-corrected chi connectivity index (χ3v) is 4.14. The first-order chi connectivity index (χ1) is 10.9. The Hall–Kier alpha value is -2.15. The number of aromatic nitrogens is 1. The topological polar surface area (TPSA) is 80.3 Å². The van der Waals surface area contributed by atoms with Crippen molar-refractivity contribution < 1.29 is 14.3 Å². The molecule has 0 spiro atoms. The van der Waals surface area contributed by atoms with Crippen molar-refractivity contribution in [2.45, 2.75) is 33.7 Å². The molecule has 2 N–H and O–H groups in total. The van der Waals surface area contributed by atoms with Crippen LogP contribution in [0.4, 0.5) is 5.13 Å². The first-order valence-electron chi connectivity index (χ1n) is 7.52. The highest BCUT2D eigenvalue weighted by atomic mass is 32.1. The number of ether oxygens (including phenoxy) is 1. The molecule has 1 heterocycles. The van der Waals surface area contributed by atoms with Crippen LogP contribution in [0, 0.1) is 5.92 Å². The van der Waals surface area contributed by atoms with Crippen LogP contribution in [0.25, 0.3) is 10.2 Å². The summed E-state index contributed by atoms with van der Waals surface area (Å²) in [6.07, 6.45) is 0. The molecule has 2 amide bonds. The summed E-state index contributed by atoms with van der Waals surface area (Å²) in [7, 11) is 0. The summed E-state index contributed by atoms with van der Waals surface area (Å²) < 4.78 is 6.40. The molecule has 6 nitrogen and oxygen atoms in total. The van der Waals surface area contributed by atoms with Gasteiger partial charge in [-0.15, -0.1) is 0 Å². The summed E-state index contributed by atoms with van der Waals surface area (Å²) in [5.41, 5.74) is 0.800. The lowest BCUT2D eigenvalue weighted by Gasteiger charge is -2.19. The number of fused-ring (bicyclic) bond motifs is 1. The molecule has 1 atom stereocenters. The van der Waals surface area contributed by atoms with Crippen LogP contribution in [-0.2, 0) is 9.59 Å². The zero-order chi connectivity index (χ0) is 17.0. The number of hydrogen-bond acceptors (Lipinski definition) is 5. The van der Waals surface area contributed by atoms with Crippen LogP contribution in [0.15, 0.2) is 18.2 Å². The number of benzene rings is 1. The summed E-state index contributed by atoms with van der Waals surface area (Å²) in [5, 5.41) is 5.96. The van der Waals surface area contributed by atoms with Gasteiger partial charge in [0, 0.05) is 6.92 Å². The standard InChI is InChI=1S/C16H21N3O3S/c1-5-22-11-6-7-12-13(8-11)23-16(18-12)19-15(21)14(9(2)3)17-10(4)20/h6-9,14H,5H2,1-4H3,(H,17,20)(H,18,19,21). The predicted molar refractivity (Wildman–Crippen MR) is 91.9 cm³/mol. The van der Waals surface area contributed by atoms with Crippen LogP contribution in [0.2, 0.25) is 0 Å². The van der Waals surface area contributed by atoms with Crippen molar-refractivity contribution in [1.82, 2.24) is 10.3 Å². The number of carbonyl (C=O) groups excluding carboxylic acids is 2. The van der Waals surface area contributed by atoms with Crippen molar-refractivity contribution in [3.8, 4) is 5.75 Å². The third kappa shape index (κ3) is 4.41. The molecule has 7 heteroatoms. The number of nitrogens with zero attached hydrogens (tertiary/aromatic N) is 1. The molecule has 1 aromatic carbocycles. The smallest absolute Gasteiger partial charge is 0.248 e. The Labute approximate surface area is 139 Å². The molecule has 124 valence electrons. The number of nitrogens with one attached hydrogen (secondary N) is 2. The van der Waals surface area contributed by atoms with Crippen LogP contribution in [0.5, 0.6) is 5.75 Å². The Kier molecular flexibility index (Phi) is 5.54. The summed E-state index contributed by atoms with van der Waals surface area (Å²) in [6, 6.07) is 5.03. The number of thiazole rings is 1. The lowest BCUT2D eigenvalue weighted by Crippen LogP contribution is -2.46. The summed E-state index contributed by atoms with van der Waals surface area (Å²) >= 11 is 1.38. The molecular weight excluding hydrogens is 314 g/mol. The summed E-state index contributed by atoms with van der Waals surface area (Å²) in [4.78, 5) is 28.0. The Morgan fingerprint density at radius 3 is 2.70 bits per heavy atom. The molecule has 1 unspecified atom stereocenters. The van der Waals surface area contributed by atoms with Crippen LogP contribution < -0.4 is 15.4 Å². The highest BCUT2D eigenvalue weighted by molar-refractivity contribution is 7.22. The maximum Gasteiger partial charge on any atom is 0.248 e. The van der Waals surface area contributed by atoms with Crippen LogP contribution in [0.1, 0.15) is 27.7 Å². The fourth-order valence-electron chi connectivity index (χ4n) is 2.15. The molecule has 2 rings (SSSR count). The molecule has 0 bridgehead atoms. The van der Waals surface area contributed by atoms with E-state index in [1.54, 1.807) is 0 Å². The lowest BCUT2D eigenvalue weighted by molar-refractivity contribution is -0.126. The summed E-state index contributed by atoms with van der Waals surface area (Å²) in [6.45, 7) is 7.69. The first-order valence-corrected chi connectivity index (χ1v) is 8.33. The second kappa shape index (κ2) is 7.41. The molecule has 0 saturated heterocycles. The number of rotatable bonds is 6. The van der Waals surface area contributed by atoms with Gasteiger partial charge in [-0.3, -0.25) is 9.59 Å². The van der Waals surface area contributed by atoms with E-state index in [9.17, 15) is 9.59 Å². The van der Waals surface area contributed by atoms with Crippen molar-refractivity contribution >= 4 is 38.5 Å². The van der Waals surface area contributed by atoms with E-state index in [4.69, 9.17) is 4.74 Å². The van der Waals surface area contributed by atoms with Gasteiger partial charge in [-0.05, 0) is 31.0 Å². The lowest BCUT2D eigenvalue weighted by atomic mass is 10.0. The second-order valence-corrected chi connectivity index (χ2v) is 6.52. The molecule has 2 aromatic rings. The quantitative estimate of drug-likeness (QED) is 0.850. The maximum absolute atomic E-state index is 12.4. The van der Waals surface area contributed by atoms with Crippen molar-refractivity contribution in [2.75, 3.05) is 11.9 Å². The van der Waals surface area contributed by atoms with Crippen molar-refractivity contribution in [3.63, 3.8) is 0 Å². The highest BCUT2D eigenvalue weighted by Crippen LogP contribution is 2.29. The van der Waals surface area contributed by atoms with Gasteiger partial charge >= 0.3 is 0 Å². The largest absolute Gasteiger partial charge is 0.494 e. The molecule has 0 aliphatic carbocycles. The van der Waals surface area contributed by atoms with Gasteiger partial charge in [0.15, 0.2) is 5.13 Å². The minimum Gasteiger partial charge on any atom is -0.494 e. The van der Waals surface area contributed by atoms with Gasteiger partial charge in [0.1, 0.15) is 11.8 Å². The van der Waals surface area contributed by atoms with Gasteiger partial charge in [-0.2, -0.15) is 0 Å². The Morgan fingerprint density at radius 2 is 2.09 bits per heavy atom. The normalized spacial score (nSPS) is 12.2. The highest BCUT2D eigenvalue weighted by Gasteiger charge is 2.23. The zero-order valence-electron chi connectivity index (χ0n) is 13.7. The van der Waals surface area contributed by atoms with Gasteiger partial charge in [-0.1, -0.05) is 25.2 Å². The van der Waals surface area contributed by atoms with Gasteiger partial charge in [0.05, 0.1) is 16.8 Å². The first kappa shape index (κ1) is 17.2. The van der Waals surface area contributed by atoms with E-state index in [1.165, 1.54) is 18.3 Å². The van der Waals surface area contributed by atoms with E-state index < -0.39 is 6.04 Å². The molecule has 0 fully saturated rings. The maximum atomic E-state index is 12.4. The van der Waals surface area contributed by atoms with Crippen molar-refractivity contribution in [3.05, 3.63) is 18.2 Å². The average molecular weight is 335 g/mol. The fourth-order valence-corrected chi connectivity index (χ4v) is 3.05. The van der Waals surface area contributed by atoms with E-state index in [0.717, 1.165) is 16.0 Å². The van der Waals surface area contributed by atoms with Crippen LogP contribution >= 0.6 is 11.3 Å². The van der Waals surface area contributed by atoms with E-state index in [1.807, 2.05) is 39.0 Å². The van der Waals surface area contributed by atoms with Gasteiger partial charge in [-0.25, -0.2) is 4.98 Å². The van der Waals surface area contributed by atoms with Crippen LogP contribution in [0.3, 0.4) is 0 Å². The number of amides is 2. The third-order valence-electron chi connectivity index (χ3n) is 3.21. The van der Waals surface area contributed by atoms with E-state index in [-0.39, 0.29) is 17.7 Å². The molecule has 0 radical (unpaired) electrons. The van der Waals surface area contributed by atoms with Crippen LogP contribution in [-0.4, -0.2) is 29.4 Å². The molecule has 0 aliphatic rings. The molecule has 0 saturated carbocycles. The monoisotopic (exact) mass is 335 g/mol. The number of anilines is 1. The summed E-state index contributed by atoms with van der Waals surface area (Å²) in [5.74, 6) is 0.265. The Morgan fingerprint density at radius 1 is 1.35 bits per heavy atom. The zero-order valence-corrected chi connectivity index (χ0v) is 14.5. The SMILES string of the molecule is CCOc1ccc2nc(NC(=O)C(NC(C)=O)C(C)C)sc2c1. The Balaban J connectivity index is 2.16. The molecular formula is C16H21N3O3S. The Bertz CT molecular complexity index is 712. The minimum atomic E-state index is -0.585. The fraction of sp³-hybridized carbons (Fsp3) is 0.438. The minimum absolute atomic E-state index is 0.0159. The van der Waals surface area contributed by atoms with Crippen molar-refractivity contribution in [2.24, 2.45) is 5.92 Å². The van der Waals surface area contributed by atoms with E-state index >= 15 is 0 Å². The second-order valence-electron chi connectivity index (χ2n) is 5.49. The molecule has 1 aromatic heterocycles. The van der Waals surface area contributed by atoms with E-state index in [0.29, 0.717) is 11.7 Å².